The molecular formula is C22H33N5O2. The molecule has 1 heterocycles. The van der Waals surface area contributed by atoms with Gasteiger partial charge in [-0.15, -0.1) is 0 Å². The number of likely N-dealkylation sites (tertiary alicyclic amines) is 1. The summed E-state index contributed by atoms with van der Waals surface area (Å²) in [7, 11) is 3.49. The molecule has 1 aromatic carbocycles. The maximum Gasteiger partial charge on any atom is 0.227 e. The van der Waals surface area contributed by atoms with Gasteiger partial charge in [0.25, 0.3) is 0 Å². The number of rotatable bonds is 6. The fourth-order valence-corrected chi connectivity index (χ4v) is 3.90. The Morgan fingerprint density at radius 2 is 1.93 bits per heavy atom. The first-order valence-corrected chi connectivity index (χ1v) is 10.6. The summed E-state index contributed by atoms with van der Waals surface area (Å²) < 4.78 is 0. The van der Waals surface area contributed by atoms with E-state index < -0.39 is 0 Å². The van der Waals surface area contributed by atoms with Crippen molar-refractivity contribution in [1.82, 2.24) is 15.5 Å². The summed E-state index contributed by atoms with van der Waals surface area (Å²) in [6.45, 7) is 2.45. The molecule has 7 nitrogen and oxygen atoms in total. The molecule has 0 atom stereocenters. The van der Waals surface area contributed by atoms with E-state index in [-0.39, 0.29) is 17.7 Å². The Balaban J connectivity index is 1.47. The van der Waals surface area contributed by atoms with Gasteiger partial charge in [0, 0.05) is 51.8 Å². The number of nitrogens with zero attached hydrogens (tertiary/aromatic N) is 2. The number of hydrogen-bond acceptors (Lipinski definition) is 3. The molecule has 2 fully saturated rings. The fraction of sp³-hybridized carbons (Fsp3) is 0.591. The topological polar surface area (TPSA) is 85.8 Å². The molecular weight excluding hydrogens is 366 g/mol. The smallest absolute Gasteiger partial charge is 0.227 e. The van der Waals surface area contributed by atoms with Gasteiger partial charge in [0.05, 0.1) is 0 Å². The Bertz CT molecular complexity index is 736. The van der Waals surface area contributed by atoms with Crippen LogP contribution in [0.15, 0.2) is 29.3 Å². The number of anilines is 1. The molecule has 29 heavy (non-hydrogen) atoms. The number of carbonyl (C=O) groups is 2. The average Bonchev–Trinajstić information content (AvgIpc) is 2.68. The second-order valence-electron chi connectivity index (χ2n) is 8.03. The summed E-state index contributed by atoms with van der Waals surface area (Å²) in [6, 6.07) is 7.98. The molecule has 2 amide bonds. The molecule has 158 valence electrons. The molecule has 1 saturated heterocycles. The quantitative estimate of drug-likeness (QED) is 0.506. The minimum atomic E-state index is 0.121. The lowest BCUT2D eigenvalue weighted by atomic mass is 9.85. The number of amides is 2. The van der Waals surface area contributed by atoms with E-state index in [1.807, 2.05) is 18.2 Å². The van der Waals surface area contributed by atoms with Gasteiger partial charge in [-0.05, 0) is 49.3 Å². The zero-order valence-electron chi connectivity index (χ0n) is 17.5. The summed E-state index contributed by atoms with van der Waals surface area (Å²) in [4.78, 5) is 30.4. The second-order valence-corrected chi connectivity index (χ2v) is 8.03. The monoisotopic (exact) mass is 399 g/mol. The highest BCUT2D eigenvalue weighted by Crippen LogP contribution is 2.27. The van der Waals surface area contributed by atoms with Gasteiger partial charge in [0.15, 0.2) is 5.96 Å². The van der Waals surface area contributed by atoms with E-state index >= 15 is 0 Å². The molecule has 0 spiro atoms. The van der Waals surface area contributed by atoms with Crippen LogP contribution in [0, 0.1) is 11.8 Å². The van der Waals surface area contributed by atoms with Gasteiger partial charge in [0.1, 0.15) is 0 Å². The van der Waals surface area contributed by atoms with Crippen molar-refractivity contribution in [3.8, 4) is 0 Å². The zero-order chi connectivity index (χ0) is 20.6. The zero-order valence-corrected chi connectivity index (χ0v) is 17.5. The van der Waals surface area contributed by atoms with Crippen LogP contribution in [0.2, 0.25) is 0 Å². The van der Waals surface area contributed by atoms with Gasteiger partial charge in [-0.1, -0.05) is 18.6 Å². The average molecular weight is 400 g/mol. The van der Waals surface area contributed by atoms with E-state index in [2.05, 4.69) is 31.9 Å². The Hall–Kier alpha value is -2.57. The van der Waals surface area contributed by atoms with Crippen molar-refractivity contribution >= 4 is 23.5 Å². The molecule has 1 aromatic rings. The lowest BCUT2D eigenvalue weighted by Gasteiger charge is -2.34. The van der Waals surface area contributed by atoms with Crippen LogP contribution in [0.1, 0.15) is 44.1 Å². The van der Waals surface area contributed by atoms with Crippen molar-refractivity contribution in [1.29, 1.82) is 0 Å². The molecule has 0 aromatic heterocycles. The lowest BCUT2D eigenvalue weighted by molar-refractivity contribution is -0.122. The molecule has 0 unspecified atom stereocenters. The summed E-state index contributed by atoms with van der Waals surface area (Å²) in [5.41, 5.74) is 1.96. The predicted molar refractivity (Wildman–Crippen MR) is 116 cm³/mol. The predicted octanol–water partition coefficient (Wildman–Crippen LogP) is 2.35. The number of nitrogens with one attached hydrogen (secondary N) is 3. The number of guanidine groups is 1. The van der Waals surface area contributed by atoms with E-state index in [0.29, 0.717) is 18.9 Å². The summed E-state index contributed by atoms with van der Waals surface area (Å²) in [5.74, 6) is 1.77. The van der Waals surface area contributed by atoms with Gasteiger partial charge in [0.2, 0.25) is 11.8 Å². The molecule has 3 rings (SSSR count). The molecule has 0 radical (unpaired) electrons. The molecule has 2 aliphatic rings. The van der Waals surface area contributed by atoms with Gasteiger partial charge in [-0.2, -0.15) is 0 Å². The number of hydrogen-bond donors (Lipinski definition) is 3. The maximum absolute atomic E-state index is 12.2. The normalized spacial score (nSPS) is 18.1. The molecule has 3 N–H and O–H groups in total. The Kier molecular flexibility index (Phi) is 7.49. The molecule has 1 aliphatic heterocycles. The van der Waals surface area contributed by atoms with E-state index in [9.17, 15) is 9.59 Å². The van der Waals surface area contributed by atoms with E-state index in [1.165, 1.54) is 0 Å². The van der Waals surface area contributed by atoms with Crippen LogP contribution in [0.4, 0.5) is 5.69 Å². The first kappa shape index (κ1) is 21.1. The summed E-state index contributed by atoms with van der Waals surface area (Å²) in [5, 5.41) is 9.18. The van der Waals surface area contributed by atoms with Gasteiger partial charge in [-0.25, -0.2) is 0 Å². The number of benzene rings is 1. The van der Waals surface area contributed by atoms with Crippen molar-refractivity contribution in [2.75, 3.05) is 32.5 Å². The standard InChI is InChI=1S/C22H33N5O2/c1-23-20(28)14-16-9-11-27(12-10-16)22(24-2)25-15-17-5-3-8-19(13-17)26-21(29)18-6-4-7-18/h3,5,8,13,16,18H,4,6-7,9-12,14-15H2,1-2H3,(H,23,28)(H,24,25)(H,26,29). The molecule has 1 saturated carbocycles. The first-order chi connectivity index (χ1) is 14.1. The first-order valence-electron chi connectivity index (χ1n) is 10.6. The van der Waals surface area contributed by atoms with Crippen molar-refractivity contribution < 1.29 is 9.59 Å². The largest absolute Gasteiger partial charge is 0.359 e. The SMILES string of the molecule is CN=C(NCc1cccc(NC(=O)C2CCC2)c1)N1CCC(CC(=O)NC)CC1. The number of carbonyl (C=O) groups excluding carboxylic acids is 2. The van der Waals surface area contributed by atoms with Crippen molar-refractivity contribution in [3.05, 3.63) is 29.8 Å². The maximum atomic E-state index is 12.2. The fourth-order valence-electron chi connectivity index (χ4n) is 3.90. The van der Waals surface area contributed by atoms with Crippen molar-refractivity contribution in [3.63, 3.8) is 0 Å². The number of aliphatic imine (C=N–C) groups is 1. The highest BCUT2D eigenvalue weighted by molar-refractivity contribution is 5.93. The molecule has 7 heteroatoms. The third-order valence-corrected chi connectivity index (χ3v) is 6.00. The van der Waals surface area contributed by atoms with Gasteiger partial charge in [-0.3, -0.25) is 14.6 Å². The Labute approximate surface area is 173 Å². The van der Waals surface area contributed by atoms with Crippen molar-refractivity contribution in [2.24, 2.45) is 16.8 Å². The van der Waals surface area contributed by atoms with Crippen LogP contribution in [0.3, 0.4) is 0 Å². The van der Waals surface area contributed by atoms with Crippen LogP contribution in [-0.2, 0) is 16.1 Å². The molecule has 0 bridgehead atoms. The van der Waals surface area contributed by atoms with Crippen molar-refractivity contribution in [2.45, 2.75) is 45.1 Å². The van der Waals surface area contributed by atoms with Crippen LogP contribution in [-0.4, -0.2) is 49.9 Å². The van der Waals surface area contributed by atoms with E-state index in [0.717, 1.165) is 62.4 Å². The minimum Gasteiger partial charge on any atom is -0.359 e. The van der Waals surface area contributed by atoms with Crippen LogP contribution >= 0.6 is 0 Å². The Morgan fingerprint density at radius 3 is 2.55 bits per heavy atom. The summed E-state index contributed by atoms with van der Waals surface area (Å²) >= 11 is 0. The highest BCUT2D eigenvalue weighted by atomic mass is 16.2. The highest BCUT2D eigenvalue weighted by Gasteiger charge is 2.25. The molecule has 1 aliphatic carbocycles. The van der Waals surface area contributed by atoms with Gasteiger partial charge >= 0.3 is 0 Å². The van der Waals surface area contributed by atoms with Gasteiger partial charge < -0.3 is 20.9 Å². The van der Waals surface area contributed by atoms with E-state index in [1.54, 1.807) is 14.1 Å². The lowest BCUT2D eigenvalue weighted by Crippen LogP contribution is -2.45. The second kappa shape index (κ2) is 10.3. The Morgan fingerprint density at radius 1 is 1.17 bits per heavy atom. The third-order valence-electron chi connectivity index (χ3n) is 6.00. The third kappa shape index (κ3) is 5.95. The van der Waals surface area contributed by atoms with Crippen LogP contribution < -0.4 is 16.0 Å². The van der Waals surface area contributed by atoms with E-state index in [4.69, 9.17) is 0 Å². The summed E-state index contributed by atoms with van der Waals surface area (Å²) in [6.07, 6.45) is 5.76. The van der Waals surface area contributed by atoms with Crippen LogP contribution in [0.25, 0.3) is 0 Å². The minimum absolute atomic E-state index is 0.121. The number of piperidine rings is 1. The van der Waals surface area contributed by atoms with Crippen LogP contribution in [0.5, 0.6) is 0 Å².